The van der Waals surface area contributed by atoms with Gasteiger partial charge >= 0.3 is 12.1 Å². The number of carboxylic acid groups (broad SMARTS) is 1. The Labute approximate surface area is 183 Å². The molecule has 9 heteroatoms. The number of carbonyl (C=O) groups excluding carboxylic acids is 1. The van der Waals surface area contributed by atoms with Crippen LogP contribution in [0.2, 0.25) is 0 Å². The fourth-order valence-corrected chi connectivity index (χ4v) is 3.91. The molecule has 2 aromatic rings. The monoisotopic (exact) mass is 451 g/mol. The number of ether oxygens (including phenoxy) is 2. The lowest BCUT2D eigenvalue weighted by Crippen LogP contribution is -2.38. The van der Waals surface area contributed by atoms with Crippen LogP contribution < -0.4 is 4.90 Å². The maximum atomic E-state index is 13.8. The lowest BCUT2D eigenvalue weighted by Gasteiger charge is -2.36. The Morgan fingerprint density at radius 1 is 0.906 bits per heavy atom. The Kier molecular flexibility index (Phi) is 7.74. The maximum Gasteiger partial charge on any atom is 0.418 e. The molecular formula is C23H24F3NO5. The molecular weight excluding hydrogens is 427 g/mol. The van der Waals surface area contributed by atoms with Gasteiger partial charge < -0.3 is 14.6 Å². The van der Waals surface area contributed by atoms with E-state index in [-0.39, 0.29) is 24.6 Å². The van der Waals surface area contributed by atoms with E-state index in [1.54, 1.807) is 0 Å². The van der Waals surface area contributed by atoms with Gasteiger partial charge in [-0.2, -0.15) is 0 Å². The topological polar surface area (TPSA) is 76.1 Å². The number of benzene rings is 2. The van der Waals surface area contributed by atoms with E-state index in [0.29, 0.717) is 18.9 Å². The van der Waals surface area contributed by atoms with E-state index in [1.807, 2.05) is 0 Å². The van der Waals surface area contributed by atoms with E-state index in [4.69, 9.17) is 14.6 Å². The zero-order valence-electron chi connectivity index (χ0n) is 17.4. The number of hydrogen-bond acceptors (Lipinski definition) is 4. The van der Waals surface area contributed by atoms with Gasteiger partial charge in [-0.25, -0.2) is 27.7 Å². The molecule has 0 aromatic heterocycles. The summed E-state index contributed by atoms with van der Waals surface area (Å²) in [6.45, 7) is -0.441. The number of hydrogen-bond donors (Lipinski definition) is 1. The van der Waals surface area contributed by atoms with E-state index in [0.717, 1.165) is 42.4 Å². The highest BCUT2D eigenvalue weighted by Gasteiger charge is 2.35. The molecule has 0 heterocycles. The van der Waals surface area contributed by atoms with E-state index >= 15 is 0 Å². The molecule has 6 nitrogen and oxygen atoms in total. The van der Waals surface area contributed by atoms with Crippen LogP contribution in [-0.2, 0) is 14.3 Å². The van der Waals surface area contributed by atoms with Crippen LogP contribution in [-0.4, -0.2) is 37.0 Å². The zero-order chi connectivity index (χ0) is 23.1. The Bertz CT molecular complexity index is 942. The van der Waals surface area contributed by atoms with Crippen molar-refractivity contribution in [3.63, 3.8) is 0 Å². The molecule has 0 spiro atoms. The van der Waals surface area contributed by atoms with Crippen LogP contribution in [0.1, 0.15) is 32.1 Å². The summed E-state index contributed by atoms with van der Waals surface area (Å²) >= 11 is 0. The Morgan fingerprint density at radius 2 is 1.56 bits per heavy atom. The van der Waals surface area contributed by atoms with E-state index < -0.39 is 41.5 Å². The predicted molar refractivity (Wildman–Crippen MR) is 110 cm³/mol. The van der Waals surface area contributed by atoms with Crippen LogP contribution in [0.3, 0.4) is 0 Å². The summed E-state index contributed by atoms with van der Waals surface area (Å²) in [6.07, 6.45) is 3.16. The number of rotatable bonds is 8. The van der Waals surface area contributed by atoms with Crippen LogP contribution in [0.25, 0.3) is 0 Å². The van der Waals surface area contributed by atoms with Gasteiger partial charge in [-0.1, -0.05) is 25.3 Å². The maximum absolute atomic E-state index is 13.8. The summed E-state index contributed by atoms with van der Waals surface area (Å²) in [7, 11) is 0. The molecule has 0 unspecified atom stereocenters. The summed E-state index contributed by atoms with van der Waals surface area (Å²) < 4.78 is 52.3. The van der Waals surface area contributed by atoms with Gasteiger partial charge in [0.1, 0.15) is 30.7 Å². The van der Waals surface area contributed by atoms with Gasteiger partial charge in [0.05, 0.1) is 18.0 Å². The largest absolute Gasteiger partial charge is 0.480 e. The highest BCUT2D eigenvalue weighted by molar-refractivity contribution is 5.96. The molecule has 1 fully saturated rings. The fraction of sp³-hybridized carbons (Fsp3) is 0.391. The van der Waals surface area contributed by atoms with Gasteiger partial charge in [0.25, 0.3) is 0 Å². The van der Waals surface area contributed by atoms with Gasteiger partial charge in [-0.05, 0) is 43.2 Å². The number of carbonyl (C=O) groups is 2. The summed E-state index contributed by atoms with van der Waals surface area (Å²) in [5, 5.41) is 8.83. The molecule has 1 N–H and O–H groups in total. The molecule has 32 heavy (non-hydrogen) atoms. The van der Waals surface area contributed by atoms with Crippen LogP contribution >= 0.6 is 0 Å². The van der Waals surface area contributed by atoms with Gasteiger partial charge in [-0.15, -0.1) is 0 Å². The van der Waals surface area contributed by atoms with Crippen molar-refractivity contribution < 1.29 is 37.3 Å². The molecule has 2 aromatic carbocycles. The molecule has 0 atom stereocenters. The number of halogens is 3. The van der Waals surface area contributed by atoms with Crippen molar-refractivity contribution in [2.24, 2.45) is 5.41 Å². The third-order valence-electron chi connectivity index (χ3n) is 5.40. The highest BCUT2D eigenvalue weighted by atomic mass is 19.1. The van der Waals surface area contributed by atoms with E-state index in [9.17, 15) is 22.8 Å². The number of nitrogens with zero attached hydrogens (tertiary/aromatic N) is 1. The summed E-state index contributed by atoms with van der Waals surface area (Å²) in [5.41, 5.74) is -0.679. The van der Waals surface area contributed by atoms with Crippen LogP contribution in [0.4, 0.5) is 29.3 Å². The van der Waals surface area contributed by atoms with Gasteiger partial charge in [0.2, 0.25) is 0 Å². The Morgan fingerprint density at radius 3 is 2.19 bits per heavy atom. The summed E-state index contributed by atoms with van der Waals surface area (Å²) in [4.78, 5) is 24.7. The van der Waals surface area contributed by atoms with Crippen molar-refractivity contribution in [1.82, 2.24) is 0 Å². The third kappa shape index (κ3) is 6.23. The molecule has 3 rings (SSSR count). The lowest BCUT2D eigenvalue weighted by molar-refractivity contribution is -0.144. The number of carboxylic acids is 1. The molecule has 1 aliphatic carbocycles. The second kappa shape index (κ2) is 10.5. The molecule has 172 valence electrons. The van der Waals surface area contributed by atoms with Crippen molar-refractivity contribution in [2.45, 2.75) is 32.1 Å². The van der Waals surface area contributed by atoms with Crippen molar-refractivity contribution in [3.05, 3.63) is 59.9 Å². The smallest absolute Gasteiger partial charge is 0.418 e. The van der Waals surface area contributed by atoms with E-state index in [2.05, 4.69) is 0 Å². The third-order valence-corrected chi connectivity index (χ3v) is 5.40. The van der Waals surface area contributed by atoms with E-state index in [1.165, 1.54) is 18.2 Å². The second-order valence-corrected chi connectivity index (χ2v) is 7.94. The number of aliphatic carboxylic acids is 1. The van der Waals surface area contributed by atoms with Crippen LogP contribution in [0.5, 0.6) is 0 Å². The first-order valence-electron chi connectivity index (χ1n) is 10.3. The number of amides is 1. The molecule has 0 aliphatic heterocycles. The van der Waals surface area contributed by atoms with Crippen LogP contribution in [0, 0.1) is 22.9 Å². The first-order chi connectivity index (χ1) is 15.3. The molecule has 1 aliphatic rings. The minimum Gasteiger partial charge on any atom is -0.480 e. The van der Waals surface area contributed by atoms with Crippen molar-refractivity contribution in [2.75, 3.05) is 24.7 Å². The first kappa shape index (κ1) is 23.6. The minimum atomic E-state index is -1.10. The quantitative estimate of drug-likeness (QED) is 0.579. The molecule has 0 radical (unpaired) electrons. The van der Waals surface area contributed by atoms with Gasteiger partial charge in [-0.3, -0.25) is 0 Å². The SMILES string of the molecule is O=C(O)COCC1(COC(=O)N(c2cccc(F)c2)c2cc(F)cc(F)c2)CCCCC1. The van der Waals surface area contributed by atoms with Crippen molar-refractivity contribution in [3.8, 4) is 0 Å². The number of anilines is 2. The summed E-state index contributed by atoms with van der Waals surface area (Å²) in [5.74, 6) is -3.54. The normalized spacial score (nSPS) is 15.2. The first-order valence-corrected chi connectivity index (χ1v) is 10.3. The Balaban J connectivity index is 1.83. The second-order valence-electron chi connectivity index (χ2n) is 7.94. The molecule has 0 bridgehead atoms. The lowest BCUT2D eigenvalue weighted by atomic mass is 9.75. The minimum absolute atomic E-state index is 0.0415. The van der Waals surface area contributed by atoms with Gasteiger partial charge in [0.15, 0.2) is 0 Å². The average molecular weight is 451 g/mol. The van der Waals surface area contributed by atoms with Crippen molar-refractivity contribution in [1.29, 1.82) is 0 Å². The van der Waals surface area contributed by atoms with Gasteiger partial charge in [0, 0.05) is 11.5 Å². The molecule has 1 amide bonds. The Hall–Kier alpha value is -3.07. The fourth-order valence-electron chi connectivity index (χ4n) is 3.91. The zero-order valence-corrected chi connectivity index (χ0v) is 17.4. The molecule has 1 saturated carbocycles. The average Bonchev–Trinajstić information content (AvgIpc) is 2.72. The predicted octanol–water partition coefficient (Wildman–Crippen LogP) is 5.43. The van der Waals surface area contributed by atoms with Crippen LogP contribution in [0.15, 0.2) is 42.5 Å². The molecule has 0 saturated heterocycles. The summed E-state index contributed by atoms with van der Waals surface area (Å²) in [6, 6.07) is 7.56. The van der Waals surface area contributed by atoms with Crippen molar-refractivity contribution >= 4 is 23.4 Å². The highest BCUT2D eigenvalue weighted by Crippen LogP contribution is 2.38. The standard InChI is InChI=1S/C23H24F3NO5/c24-16-5-4-6-19(10-16)27(20-11-17(25)9-18(26)12-20)22(30)32-15-23(7-2-1-3-8-23)14-31-13-21(28)29/h4-6,9-12H,1-3,7-8,13-15H2,(H,28,29).